The van der Waals surface area contributed by atoms with Gasteiger partial charge in [0.1, 0.15) is 0 Å². The summed E-state index contributed by atoms with van der Waals surface area (Å²) >= 11 is 0. The van der Waals surface area contributed by atoms with Crippen LogP contribution in [0.5, 0.6) is 0 Å². The van der Waals surface area contributed by atoms with Crippen molar-refractivity contribution in [2.75, 3.05) is 0 Å². The Balaban J connectivity index is 1.12. The number of halogens is 15. The summed E-state index contributed by atoms with van der Waals surface area (Å²) in [7, 11) is 0. The minimum atomic E-state index is -4.72. The van der Waals surface area contributed by atoms with Crippen LogP contribution in [0.2, 0.25) is 0 Å². The third kappa shape index (κ3) is 11.8. The van der Waals surface area contributed by atoms with Gasteiger partial charge in [0.05, 0.1) is 67.8 Å². The Bertz CT molecular complexity index is 5130. The fraction of sp³-hybridized carbons (Fsp3) is 0.130. The van der Waals surface area contributed by atoms with Crippen LogP contribution in [0.1, 0.15) is 55.6 Å². The molecule has 0 radical (unpaired) electrons. The number of aryl methyl sites for hydroxylation is 5. The predicted molar refractivity (Wildman–Crippen MR) is 343 cm³/mol. The van der Waals surface area contributed by atoms with Gasteiger partial charge in [-0.15, -0.1) is 0 Å². The summed E-state index contributed by atoms with van der Waals surface area (Å²) in [6, 6.07) is 47.9. The standard InChI is InChI=1S/C77H48F15N3/c1-40-21-50(30-55(25-40)74(81,82)83)45-8-16-67-62(34-45)63-35-46(51-22-41(2)26-56(31-51)75(84,85)86)9-17-68(63)94(67)71-20-13-59(93-6)39-66(71)61-14-7-49(60-15-12-54(29-44(60)5)73(78,79)80)38-72(61)95-69-18-10-47(52-23-42(3)27-57(32-52)76(87,88)89)36-64(69)65-37-48(11-19-70(65)95)53-24-43(4)28-58(33-53)77(90,91)92/h7-39H,1-5H3. The van der Waals surface area contributed by atoms with Crippen molar-refractivity contribution >= 4 is 49.3 Å². The summed E-state index contributed by atoms with van der Waals surface area (Å²) < 4.78 is 220. The van der Waals surface area contributed by atoms with E-state index in [2.05, 4.69) is 4.85 Å². The van der Waals surface area contributed by atoms with Crippen LogP contribution in [0.15, 0.2) is 200 Å². The summed E-state index contributed by atoms with van der Waals surface area (Å²) in [5.74, 6) is 0. The lowest BCUT2D eigenvalue weighted by Gasteiger charge is -2.21. The molecule has 2 aromatic heterocycles. The molecule has 18 heteroatoms. The highest BCUT2D eigenvalue weighted by atomic mass is 19.4. The van der Waals surface area contributed by atoms with E-state index >= 15 is 0 Å². The van der Waals surface area contributed by atoms with Gasteiger partial charge in [-0.05, 0) is 251 Å². The van der Waals surface area contributed by atoms with Crippen LogP contribution in [-0.4, -0.2) is 9.13 Å². The fourth-order valence-electron chi connectivity index (χ4n) is 13.0. The van der Waals surface area contributed by atoms with Crippen LogP contribution < -0.4 is 0 Å². The van der Waals surface area contributed by atoms with Gasteiger partial charge in [-0.3, -0.25) is 0 Å². The SMILES string of the molecule is [C-]#[N+]c1ccc(-n2c3ccc(-c4cc(C)cc(C(F)(F)F)c4)cc3c3cc(-c4cc(C)cc(C(F)(F)F)c4)ccc32)c(-c2ccc(-c3ccc(C(F)(F)F)cc3C)cc2-n2c3ccc(-c4cc(C)cc(C(F)(F)F)c4)cc3c3cc(-c4cc(C)cc(C(F)(F)F)c4)ccc32)c1. The van der Waals surface area contributed by atoms with Crippen LogP contribution in [0.25, 0.3) is 127 Å². The lowest BCUT2D eigenvalue weighted by molar-refractivity contribution is -0.138. The van der Waals surface area contributed by atoms with E-state index in [1.807, 2.05) is 9.13 Å². The molecule has 0 aliphatic carbocycles. The Hall–Kier alpha value is -10.5. The number of rotatable bonds is 8. The maximum Gasteiger partial charge on any atom is 0.416 e. The number of aromatic nitrogens is 2. The molecule has 0 amide bonds. The number of benzene rings is 11. The van der Waals surface area contributed by atoms with Gasteiger partial charge in [0.2, 0.25) is 0 Å². The van der Waals surface area contributed by atoms with Crippen molar-refractivity contribution in [3.8, 4) is 78.1 Å². The highest BCUT2D eigenvalue weighted by Gasteiger charge is 2.36. The van der Waals surface area contributed by atoms with Crippen molar-refractivity contribution in [2.45, 2.75) is 65.5 Å². The summed E-state index contributed by atoms with van der Waals surface area (Å²) in [6.07, 6.45) is -23.6. The third-order valence-corrected chi connectivity index (χ3v) is 17.2. The van der Waals surface area contributed by atoms with Crippen molar-refractivity contribution < 1.29 is 65.9 Å². The van der Waals surface area contributed by atoms with Crippen molar-refractivity contribution in [3.63, 3.8) is 0 Å². The van der Waals surface area contributed by atoms with Crippen molar-refractivity contribution in [2.24, 2.45) is 0 Å². The zero-order chi connectivity index (χ0) is 67.7. The van der Waals surface area contributed by atoms with E-state index < -0.39 is 58.7 Å². The molecule has 3 nitrogen and oxygen atoms in total. The number of fused-ring (bicyclic) bond motifs is 6. The molecule has 11 aromatic carbocycles. The first-order valence-corrected chi connectivity index (χ1v) is 29.5. The van der Waals surface area contributed by atoms with Gasteiger partial charge in [-0.1, -0.05) is 72.8 Å². The Labute approximate surface area is 533 Å². The van der Waals surface area contributed by atoms with Gasteiger partial charge in [0, 0.05) is 27.1 Å². The number of hydrogen-bond acceptors (Lipinski definition) is 0. The quantitative estimate of drug-likeness (QED) is 0.106. The Kier molecular flexibility index (Phi) is 15.0. The molecule has 0 saturated heterocycles. The number of alkyl halides is 15. The Morgan fingerprint density at radius 2 is 0.589 bits per heavy atom. The molecule has 13 rings (SSSR count). The molecule has 0 aliphatic rings. The zero-order valence-corrected chi connectivity index (χ0v) is 50.6. The monoisotopic (exact) mass is 1300 g/mol. The second-order valence-electron chi connectivity index (χ2n) is 24.0. The maximum absolute atomic E-state index is 14.5. The van der Waals surface area contributed by atoms with Gasteiger partial charge >= 0.3 is 30.9 Å². The molecule has 0 bridgehead atoms. The van der Waals surface area contributed by atoms with Crippen molar-refractivity contribution in [1.82, 2.24) is 9.13 Å². The normalized spacial score (nSPS) is 12.6. The maximum atomic E-state index is 14.5. The molecule has 476 valence electrons. The second kappa shape index (κ2) is 22.6. The second-order valence-corrected chi connectivity index (χ2v) is 24.0. The van der Waals surface area contributed by atoms with Gasteiger partial charge in [-0.25, -0.2) is 4.85 Å². The summed E-state index contributed by atoms with van der Waals surface area (Å²) in [4.78, 5) is 3.83. The van der Waals surface area contributed by atoms with Crippen LogP contribution in [-0.2, 0) is 30.9 Å². The van der Waals surface area contributed by atoms with E-state index in [4.69, 9.17) is 6.57 Å². The van der Waals surface area contributed by atoms with Crippen molar-refractivity contribution in [3.05, 3.63) is 267 Å². The number of hydrogen-bond donors (Lipinski definition) is 0. The first kappa shape index (κ1) is 63.2. The van der Waals surface area contributed by atoms with Crippen LogP contribution in [0.3, 0.4) is 0 Å². The van der Waals surface area contributed by atoms with E-state index in [0.717, 1.165) is 60.7 Å². The topological polar surface area (TPSA) is 14.2 Å². The van der Waals surface area contributed by atoms with E-state index in [0.29, 0.717) is 122 Å². The average molecular weight is 1300 g/mol. The molecular formula is C77H48F15N3. The first-order chi connectivity index (χ1) is 44.7. The van der Waals surface area contributed by atoms with E-state index in [1.54, 1.807) is 133 Å². The summed E-state index contributed by atoms with van der Waals surface area (Å²) in [5, 5.41) is 1.78. The zero-order valence-electron chi connectivity index (χ0n) is 50.6. The van der Waals surface area contributed by atoms with Gasteiger partial charge < -0.3 is 9.13 Å². The molecule has 2 heterocycles. The molecule has 0 atom stereocenters. The van der Waals surface area contributed by atoms with E-state index in [9.17, 15) is 65.9 Å². The molecular weight excluding hydrogens is 1250 g/mol. The molecule has 95 heavy (non-hydrogen) atoms. The fourth-order valence-corrected chi connectivity index (χ4v) is 13.0. The largest absolute Gasteiger partial charge is 0.416 e. The Morgan fingerprint density at radius 1 is 0.263 bits per heavy atom. The summed E-state index contributed by atoms with van der Waals surface area (Å²) in [5.41, 5.74) is 3.42. The van der Waals surface area contributed by atoms with Gasteiger partial charge in [-0.2, -0.15) is 65.9 Å². The van der Waals surface area contributed by atoms with Gasteiger partial charge in [0.25, 0.3) is 0 Å². The number of nitrogens with zero attached hydrogens (tertiary/aromatic N) is 3. The predicted octanol–water partition coefficient (Wildman–Crippen LogP) is 25.1. The van der Waals surface area contributed by atoms with Crippen LogP contribution >= 0.6 is 0 Å². The third-order valence-electron chi connectivity index (χ3n) is 17.2. The molecule has 0 aliphatic heterocycles. The highest BCUT2D eigenvalue weighted by Crippen LogP contribution is 2.48. The smallest absolute Gasteiger partial charge is 0.309 e. The molecule has 0 unspecified atom stereocenters. The minimum Gasteiger partial charge on any atom is -0.309 e. The molecule has 13 aromatic rings. The van der Waals surface area contributed by atoms with Gasteiger partial charge in [0.15, 0.2) is 5.69 Å². The van der Waals surface area contributed by atoms with Crippen LogP contribution in [0, 0.1) is 41.2 Å². The average Bonchev–Trinajstić information content (AvgIpc) is 1.59. The van der Waals surface area contributed by atoms with Crippen LogP contribution in [0.4, 0.5) is 71.5 Å². The van der Waals surface area contributed by atoms with E-state index in [1.165, 1.54) is 40.7 Å². The lowest BCUT2D eigenvalue weighted by atomic mass is 9.93. The Morgan fingerprint density at radius 3 is 0.916 bits per heavy atom. The molecule has 0 fully saturated rings. The minimum absolute atomic E-state index is 0.131. The van der Waals surface area contributed by atoms with E-state index in [-0.39, 0.29) is 33.5 Å². The summed E-state index contributed by atoms with van der Waals surface area (Å²) in [6.45, 7) is 16.0. The lowest BCUT2D eigenvalue weighted by Crippen LogP contribution is -2.05. The highest BCUT2D eigenvalue weighted by molar-refractivity contribution is 6.14. The molecule has 0 spiro atoms. The molecule has 0 N–H and O–H groups in total. The first-order valence-electron chi connectivity index (χ1n) is 29.5. The van der Waals surface area contributed by atoms with Crippen molar-refractivity contribution in [1.29, 1.82) is 0 Å². The molecule has 0 saturated carbocycles.